The van der Waals surface area contributed by atoms with Gasteiger partial charge in [0.05, 0.1) is 0 Å². The molecule has 0 fully saturated rings. The molecule has 0 saturated heterocycles. The summed E-state index contributed by atoms with van der Waals surface area (Å²) in [5, 5.41) is 0.207. The Morgan fingerprint density at radius 2 is 1.56 bits per heavy atom. The van der Waals surface area contributed by atoms with Gasteiger partial charge in [-0.15, -0.1) is 0 Å². The van der Waals surface area contributed by atoms with Gasteiger partial charge in [-0.05, 0) is 24.3 Å². The van der Waals surface area contributed by atoms with Crippen molar-refractivity contribution in [2.75, 3.05) is 0 Å². The lowest BCUT2D eigenvalue weighted by molar-refractivity contribution is 0.510. The zero-order chi connectivity index (χ0) is 11.7. The summed E-state index contributed by atoms with van der Waals surface area (Å²) in [6, 6.07) is 7.40. The highest BCUT2D eigenvalue weighted by Gasteiger charge is 2.13. The van der Waals surface area contributed by atoms with Gasteiger partial charge in [0.25, 0.3) is 0 Å². The van der Waals surface area contributed by atoms with Crippen LogP contribution in [0, 0.1) is 17.5 Å². The summed E-state index contributed by atoms with van der Waals surface area (Å²) in [7, 11) is 0. The van der Waals surface area contributed by atoms with Crippen LogP contribution in [0.3, 0.4) is 0 Å². The van der Waals surface area contributed by atoms with Crippen molar-refractivity contribution in [2.24, 2.45) is 0 Å². The molecule has 0 heterocycles. The van der Waals surface area contributed by atoms with E-state index in [4.69, 9.17) is 11.6 Å². The molecule has 0 amide bonds. The average molecular weight is 243 g/mol. The van der Waals surface area contributed by atoms with Crippen LogP contribution in [0.2, 0.25) is 5.02 Å². The van der Waals surface area contributed by atoms with Crippen molar-refractivity contribution in [1.82, 2.24) is 0 Å². The Hall–Kier alpha value is -1.48. The molecule has 0 bridgehead atoms. The van der Waals surface area contributed by atoms with E-state index < -0.39 is 17.5 Å². The summed E-state index contributed by atoms with van der Waals surface area (Å²) in [4.78, 5) is 0. The predicted octanol–water partition coefficient (Wildman–Crippen LogP) is 4.42. The largest absolute Gasteiger partial charge is 0.206 e. The number of rotatable bonds is 1. The van der Waals surface area contributed by atoms with Crippen molar-refractivity contribution in [3.8, 4) is 11.1 Å². The molecular weight excluding hydrogens is 237 g/mol. The number of halogens is 4. The fourth-order valence-corrected chi connectivity index (χ4v) is 1.58. The minimum Gasteiger partial charge on any atom is -0.206 e. The van der Waals surface area contributed by atoms with Crippen LogP contribution in [0.15, 0.2) is 36.4 Å². The van der Waals surface area contributed by atoms with Crippen molar-refractivity contribution >= 4 is 11.6 Å². The zero-order valence-electron chi connectivity index (χ0n) is 7.98. The van der Waals surface area contributed by atoms with Gasteiger partial charge in [-0.2, -0.15) is 0 Å². The van der Waals surface area contributed by atoms with Crippen LogP contribution in [0.5, 0.6) is 0 Å². The van der Waals surface area contributed by atoms with Gasteiger partial charge in [0, 0.05) is 16.1 Å². The van der Waals surface area contributed by atoms with E-state index in [1.807, 2.05) is 0 Å². The van der Waals surface area contributed by atoms with Gasteiger partial charge in [-0.3, -0.25) is 0 Å². The molecule has 0 aliphatic carbocycles. The third kappa shape index (κ3) is 1.91. The van der Waals surface area contributed by atoms with E-state index in [-0.39, 0.29) is 16.1 Å². The average Bonchev–Trinajstić information content (AvgIpc) is 2.23. The van der Waals surface area contributed by atoms with E-state index in [9.17, 15) is 13.2 Å². The fourth-order valence-electron chi connectivity index (χ4n) is 1.42. The predicted molar refractivity (Wildman–Crippen MR) is 56.8 cm³/mol. The third-order valence-electron chi connectivity index (χ3n) is 2.17. The first-order chi connectivity index (χ1) is 7.59. The van der Waals surface area contributed by atoms with Gasteiger partial charge in [0.2, 0.25) is 0 Å². The molecule has 0 aliphatic heterocycles. The molecule has 0 saturated carbocycles. The second-order valence-corrected chi connectivity index (χ2v) is 3.66. The number of benzene rings is 2. The zero-order valence-corrected chi connectivity index (χ0v) is 8.73. The lowest BCUT2D eigenvalue weighted by Crippen LogP contribution is -1.91. The summed E-state index contributed by atoms with van der Waals surface area (Å²) in [5.74, 6) is -2.76. The second kappa shape index (κ2) is 4.18. The van der Waals surface area contributed by atoms with E-state index in [2.05, 4.69) is 0 Å². The lowest BCUT2D eigenvalue weighted by atomic mass is 10.0. The van der Waals surface area contributed by atoms with Crippen LogP contribution in [-0.2, 0) is 0 Å². The number of hydrogen-bond donors (Lipinski definition) is 0. The normalized spacial score (nSPS) is 10.5. The molecule has 0 nitrogen and oxygen atoms in total. The molecule has 82 valence electrons. The molecule has 0 radical (unpaired) electrons. The van der Waals surface area contributed by atoms with Crippen molar-refractivity contribution in [3.63, 3.8) is 0 Å². The summed E-state index contributed by atoms with van der Waals surface area (Å²) < 4.78 is 39.8. The second-order valence-electron chi connectivity index (χ2n) is 3.23. The highest BCUT2D eigenvalue weighted by molar-refractivity contribution is 6.30. The fraction of sp³-hybridized carbons (Fsp3) is 0. The molecular formula is C12H6ClF3. The van der Waals surface area contributed by atoms with Crippen LogP contribution < -0.4 is 0 Å². The van der Waals surface area contributed by atoms with E-state index in [0.29, 0.717) is 0 Å². The van der Waals surface area contributed by atoms with E-state index >= 15 is 0 Å². The molecule has 2 aromatic rings. The van der Waals surface area contributed by atoms with Crippen LogP contribution in [-0.4, -0.2) is 0 Å². The first-order valence-corrected chi connectivity index (χ1v) is 4.87. The van der Waals surface area contributed by atoms with E-state index in [1.165, 1.54) is 24.3 Å². The Labute approximate surface area is 95.3 Å². The Morgan fingerprint density at radius 3 is 2.25 bits per heavy atom. The first-order valence-electron chi connectivity index (χ1n) is 4.49. The minimum absolute atomic E-state index is 0.0126. The summed E-state index contributed by atoms with van der Waals surface area (Å²) in [6.45, 7) is 0. The molecule has 2 rings (SSSR count). The van der Waals surface area contributed by atoms with Gasteiger partial charge < -0.3 is 0 Å². The van der Waals surface area contributed by atoms with E-state index in [0.717, 1.165) is 12.1 Å². The summed E-state index contributed by atoms with van der Waals surface area (Å²) in [5.41, 5.74) is -0.129. The van der Waals surface area contributed by atoms with Crippen LogP contribution in [0.25, 0.3) is 11.1 Å². The third-order valence-corrected chi connectivity index (χ3v) is 2.41. The monoisotopic (exact) mass is 242 g/mol. The Morgan fingerprint density at radius 1 is 0.812 bits per heavy atom. The van der Waals surface area contributed by atoms with Gasteiger partial charge in [-0.25, -0.2) is 13.2 Å². The van der Waals surface area contributed by atoms with Crippen molar-refractivity contribution in [3.05, 3.63) is 58.9 Å². The highest BCUT2D eigenvalue weighted by Crippen LogP contribution is 2.28. The standard InChI is InChI=1S/C12H6ClF3/c13-7-4-5-8(11(15)6-7)9-2-1-3-10(14)12(9)16/h1-6H. The van der Waals surface area contributed by atoms with Crippen LogP contribution >= 0.6 is 11.6 Å². The number of hydrogen-bond acceptors (Lipinski definition) is 0. The van der Waals surface area contributed by atoms with Crippen molar-refractivity contribution in [2.45, 2.75) is 0 Å². The lowest BCUT2D eigenvalue weighted by Gasteiger charge is -2.05. The molecule has 0 atom stereocenters. The first kappa shape index (κ1) is 11.0. The molecule has 0 unspecified atom stereocenters. The minimum atomic E-state index is -1.07. The van der Waals surface area contributed by atoms with Gasteiger partial charge in [0.1, 0.15) is 5.82 Å². The molecule has 16 heavy (non-hydrogen) atoms. The van der Waals surface area contributed by atoms with Crippen LogP contribution in [0.1, 0.15) is 0 Å². The smallest absolute Gasteiger partial charge is 0.166 e. The van der Waals surface area contributed by atoms with Crippen LogP contribution in [0.4, 0.5) is 13.2 Å². The SMILES string of the molecule is Fc1cc(Cl)ccc1-c1cccc(F)c1F. The van der Waals surface area contributed by atoms with Gasteiger partial charge in [-0.1, -0.05) is 23.7 Å². The van der Waals surface area contributed by atoms with Gasteiger partial charge >= 0.3 is 0 Å². The maximum Gasteiger partial charge on any atom is 0.166 e. The maximum absolute atomic E-state index is 13.5. The topological polar surface area (TPSA) is 0 Å². The quantitative estimate of drug-likeness (QED) is 0.694. The molecule has 0 aliphatic rings. The van der Waals surface area contributed by atoms with E-state index in [1.54, 1.807) is 0 Å². The van der Waals surface area contributed by atoms with Crippen molar-refractivity contribution < 1.29 is 13.2 Å². The maximum atomic E-state index is 13.5. The Bertz CT molecular complexity index is 538. The molecule has 2 aromatic carbocycles. The molecule has 0 spiro atoms. The highest BCUT2D eigenvalue weighted by atomic mass is 35.5. The molecule has 0 N–H and O–H groups in total. The molecule has 4 heteroatoms. The Balaban J connectivity index is 2.63. The Kier molecular flexibility index (Phi) is 2.88. The van der Waals surface area contributed by atoms with Gasteiger partial charge in [0.15, 0.2) is 11.6 Å². The molecule has 0 aromatic heterocycles. The summed E-state index contributed by atoms with van der Waals surface area (Å²) in [6.07, 6.45) is 0. The summed E-state index contributed by atoms with van der Waals surface area (Å²) >= 11 is 5.57. The van der Waals surface area contributed by atoms with Crippen molar-refractivity contribution in [1.29, 1.82) is 0 Å².